The second kappa shape index (κ2) is 10.6. The highest BCUT2D eigenvalue weighted by atomic mass is 19.1. The van der Waals surface area contributed by atoms with Gasteiger partial charge in [0.1, 0.15) is 5.82 Å². The Kier molecular flexibility index (Phi) is 7.43. The average molecular weight is 451 g/mol. The minimum Gasteiger partial charge on any atom is -0.469 e. The number of carbonyl (C=O) groups is 2. The summed E-state index contributed by atoms with van der Waals surface area (Å²) in [5.41, 5.74) is 4.92. The molecule has 1 aliphatic rings. The number of carbonyl (C=O) groups excluding carboxylic acids is 2. The van der Waals surface area contributed by atoms with Crippen molar-refractivity contribution in [2.75, 3.05) is 13.7 Å². The molecule has 2 heterocycles. The van der Waals surface area contributed by atoms with Crippen LogP contribution in [0.15, 0.2) is 48.5 Å². The molecule has 0 unspecified atom stereocenters. The predicted molar refractivity (Wildman–Crippen MR) is 126 cm³/mol. The highest BCUT2D eigenvalue weighted by molar-refractivity contribution is 5.86. The molecule has 1 amide bonds. The summed E-state index contributed by atoms with van der Waals surface area (Å²) >= 11 is 0. The monoisotopic (exact) mass is 450 g/mol. The number of fused-ring (bicyclic) bond motifs is 3. The van der Waals surface area contributed by atoms with E-state index >= 15 is 0 Å². The van der Waals surface area contributed by atoms with Gasteiger partial charge >= 0.3 is 5.97 Å². The van der Waals surface area contributed by atoms with Crippen LogP contribution >= 0.6 is 0 Å². The van der Waals surface area contributed by atoms with Gasteiger partial charge in [-0.3, -0.25) is 9.59 Å². The molecule has 1 aliphatic heterocycles. The maximum Gasteiger partial charge on any atom is 0.305 e. The number of aromatic nitrogens is 1. The number of rotatable bonds is 9. The summed E-state index contributed by atoms with van der Waals surface area (Å²) in [5.74, 6) is -0.289. The molecule has 33 heavy (non-hydrogen) atoms. The van der Waals surface area contributed by atoms with Gasteiger partial charge in [0.15, 0.2) is 0 Å². The number of nitrogens with zero attached hydrogens (tertiary/aromatic N) is 2. The summed E-state index contributed by atoms with van der Waals surface area (Å²) in [6.07, 6.45) is 4.85. The molecule has 0 saturated heterocycles. The number of hydrogen-bond acceptors (Lipinski definition) is 3. The Balaban J connectivity index is 1.44. The summed E-state index contributed by atoms with van der Waals surface area (Å²) in [4.78, 5) is 26.1. The van der Waals surface area contributed by atoms with Gasteiger partial charge in [-0.1, -0.05) is 30.3 Å². The van der Waals surface area contributed by atoms with Crippen molar-refractivity contribution in [2.45, 2.75) is 58.0 Å². The number of ether oxygens (including phenoxy) is 1. The van der Waals surface area contributed by atoms with Gasteiger partial charge in [0.2, 0.25) is 5.91 Å². The van der Waals surface area contributed by atoms with Crippen LogP contribution in [0.4, 0.5) is 4.39 Å². The summed E-state index contributed by atoms with van der Waals surface area (Å²) in [7, 11) is 1.39. The lowest BCUT2D eigenvalue weighted by Crippen LogP contribution is -2.36. The van der Waals surface area contributed by atoms with Crippen LogP contribution in [-0.4, -0.2) is 35.0 Å². The lowest BCUT2D eigenvalue weighted by molar-refractivity contribution is -0.141. The number of aryl methyl sites for hydroxylation is 2. The van der Waals surface area contributed by atoms with E-state index in [9.17, 15) is 14.0 Å². The topological polar surface area (TPSA) is 51.5 Å². The molecule has 0 saturated carbocycles. The predicted octanol–water partition coefficient (Wildman–Crippen LogP) is 5.03. The first kappa shape index (κ1) is 23.0. The highest BCUT2D eigenvalue weighted by Crippen LogP contribution is 2.31. The third-order valence-corrected chi connectivity index (χ3v) is 6.53. The number of esters is 1. The van der Waals surface area contributed by atoms with Crippen LogP contribution in [0, 0.1) is 5.82 Å². The molecule has 0 N–H and O–H groups in total. The van der Waals surface area contributed by atoms with E-state index < -0.39 is 0 Å². The van der Waals surface area contributed by atoms with Crippen molar-refractivity contribution in [1.82, 2.24) is 9.47 Å². The first-order chi connectivity index (χ1) is 16.1. The molecule has 0 atom stereocenters. The summed E-state index contributed by atoms with van der Waals surface area (Å²) in [6.45, 7) is 2.21. The Morgan fingerprint density at radius 1 is 1.00 bits per heavy atom. The molecule has 0 fully saturated rings. The van der Waals surface area contributed by atoms with Gasteiger partial charge in [-0.25, -0.2) is 4.39 Å². The fourth-order valence-corrected chi connectivity index (χ4v) is 4.76. The summed E-state index contributed by atoms with van der Waals surface area (Å²) in [6, 6.07) is 15.2. The zero-order chi connectivity index (χ0) is 23.2. The Hall–Kier alpha value is -3.15. The molecular weight excluding hydrogens is 419 g/mol. The molecule has 1 aromatic heterocycles. The van der Waals surface area contributed by atoms with Crippen LogP contribution in [0.5, 0.6) is 0 Å². The Bertz CT molecular complexity index is 1120. The second-order valence-electron chi connectivity index (χ2n) is 8.67. The van der Waals surface area contributed by atoms with E-state index in [-0.39, 0.29) is 17.7 Å². The number of hydrogen-bond donors (Lipinski definition) is 0. The van der Waals surface area contributed by atoms with Gasteiger partial charge in [-0.15, -0.1) is 0 Å². The van der Waals surface area contributed by atoms with E-state index in [2.05, 4.69) is 33.6 Å². The van der Waals surface area contributed by atoms with Crippen LogP contribution in [0.3, 0.4) is 0 Å². The molecule has 3 aromatic rings. The number of methoxy groups -OCH3 is 1. The van der Waals surface area contributed by atoms with Gasteiger partial charge in [-0.05, 0) is 61.4 Å². The Morgan fingerprint density at radius 2 is 1.76 bits per heavy atom. The zero-order valence-electron chi connectivity index (χ0n) is 19.2. The van der Waals surface area contributed by atoms with Crippen molar-refractivity contribution < 1.29 is 18.7 Å². The van der Waals surface area contributed by atoms with Crippen LogP contribution in [0.2, 0.25) is 0 Å². The van der Waals surface area contributed by atoms with E-state index in [0.717, 1.165) is 37.9 Å². The zero-order valence-corrected chi connectivity index (χ0v) is 19.2. The second-order valence-corrected chi connectivity index (χ2v) is 8.67. The maximum absolute atomic E-state index is 13.2. The molecule has 6 heteroatoms. The maximum atomic E-state index is 13.2. The SMILES string of the molecule is COC(=O)CCCCC(=O)N1CCc2c(n(CCCc3ccc(F)cc3)c3ccccc23)C1. The lowest BCUT2D eigenvalue weighted by atomic mass is 10.0. The summed E-state index contributed by atoms with van der Waals surface area (Å²) in [5, 5.41) is 1.28. The van der Waals surface area contributed by atoms with E-state index in [0.29, 0.717) is 32.2 Å². The number of amides is 1. The van der Waals surface area contributed by atoms with Crippen LogP contribution in [-0.2, 0) is 40.3 Å². The fraction of sp³-hybridized carbons (Fsp3) is 0.407. The summed E-state index contributed by atoms with van der Waals surface area (Å²) < 4.78 is 20.2. The molecule has 0 radical (unpaired) electrons. The molecule has 0 spiro atoms. The van der Waals surface area contributed by atoms with Gasteiger partial charge in [0, 0.05) is 42.5 Å². The number of halogens is 1. The van der Waals surface area contributed by atoms with Crippen LogP contribution in [0.25, 0.3) is 10.9 Å². The number of benzene rings is 2. The average Bonchev–Trinajstić information content (AvgIpc) is 3.16. The van der Waals surface area contributed by atoms with Crippen LogP contribution in [0.1, 0.15) is 48.9 Å². The van der Waals surface area contributed by atoms with Gasteiger partial charge in [0.25, 0.3) is 0 Å². The first-order valence-electron chi connectivity index (χ1n) is 11.7. The van der Waals surface area contributed by atoms with E-state index in [1.807, 2.05) is 17.0 Å². The van der Waals surface area contributed by atoms with Crippen molar-refractivity contribution in [3.63, 3.8) is 0 Å². The third kappa shape index (κ3) is 5.44. The Morgan fingerprint density at radius 3 is 2.55 bits per heavy atom. The molecule has 0 aliphatic carbocycles. The number of unbranched alkanes of at least 4 members (excludes halogenated alkanes) is 1. The quantitative estimate of drug-likeness (QED) is 0.339. The van der Waals surface area contributed by atoms with E-state index in [1.165, 1.54) is 41.4 Å². The van der Waals surface area contributed by atoms with Crippen molar-refractivity contribution in [3.05, 3.63) is 71.2 Å². The standard InChI is InChI=1S/C27H31FN2O3/c1-33-27(32)11-5-4-10-26(31)29-18-16-23-22-8-2-3-9-24(22)30(25(23)19-29)17-6-7-20-12-14-21(28)15-13-20/h2-3,8-9,12-15H,4-7,10-11,16-19H2,1H3. The third-order valence-electron chi connectivity index (χ3n) is 6.53. The molecule has 174 valence electrons. The Labute approximate surface area is 194 Å². The number of para-hydroxylation sites is 1. The fourth-order valence-electron chi connectivity index (χ4n) is 4.76. The van der Waals surface area contributed by atoms with Crippen molar-refractivity contribution >= 4 is 22.8 Å². The molecule has 0 bridgehead atoms. The first-order valence-corrected chi connectivity index (χ1v) is 11.7. The van der Waals surface area contributed by atoms with Crippen molar-refractivity contribution in [2.24, 2.45) is 0 Å². The van der Waals surface area contributed by atoms with Gasteiger partial charge in [0.05, 0.1) is 13.7 Å². The van der Waals surface area contributed by atoms with Crippen molar-refractivity contribution in [3.8, 4) is 0 Å². The molecule has 4 rings (SSSR count). The minimum atomic E-state index is -0.227. The normalized spacial score (nSPS) is 13.2. The molecule has 2 aromatic carbocycles. The molecule has 5 nitrogen and oxygen atoms in total. The minimum absolute atomic E-state index is 0.147. The molecular formula is C27H31FN2O3. The van der Waals surface area contributed by atoms with E-state index in [4.69, 9.17) is 0 Å². The lowest BCUT2D eigenvalue weighted by Gasteiger charge is -2.29. The highest BCUT2D eigenvalue weighted by Gasteiger charge is 2.26. The smallest absolute Gasteiger partial charge is 0.305 e. The van der Waals surface area contributed by atoms with Gasteiger partial charge in [-0.2, -0.15) is 0 Å². The van der Waals surface area contributed by atoms with Gasteiger partial charge < -0.3 is 14.2 Å². The largest absolute Gasteiger partial charge is 0.469 e. The van der Waals surface area contributed by atoms with Crippen molar-refractivity contribution in [1.29, 1.82) is 0 Å². The van der Waals surface area contributed by atoms with Crippen LogP contribution < -0.4 is 0 Å². The van der Waals surface area contributed by atoms with E-state index in [1.54, 1.807) is 0 Å².